The van der Waals surface area contributed by atoms with Gasteiger partial charge in [-0.05, 0) is 24.9 Å². The standard InChI is InChI=1S/C14H21N3/c1-11(9-15)7-8-17(2)14-10-16-13-6-4-3-5-12(13)14/h3-6,10-11,16H,7-9,15H2,1-2H3. The van der Waals surface area contributed by atoms with E-state index in [1.807, 2.05) is 0 Å². The van der Waals surface area contributed by atoms with Crippen LogP contribution >= 0.6 is 0 Å². The number of hydrogen-bond donors (Lipinski definition) is 2. The van der Waals surface area contributed by atoms with Gasteiger partial charge in [-0.3, -0.25) is 0 Å². The quantitative estimate of drug-likeness (QED) is 0.830. The lowest BCUT2D eigenvalue weighted by molar-refractivity contribution is 0.545. The number of nitrogens with two attached hydrogens (primary N) is 1. The van der Waals surface area contributed by atoms with E-state index in [0.29, 0.717) is 5.92 Å². The Hall–Kier alpha value is -1.48. The summed E-state index contributed by atoms with van der Waals surface area (Å²) in [7, 11) is 2.14. The van der Waals surface area contributed by atoms with Crippen LogP contribution in [0.4, 0.5) is 5.69 Å². The van der Waals surface area contributed by atoms with Gasteiger partial charge in [-0.2, -0.15) is 0 Å². The summed E-state index contributed by atoms with van der Waals surface area (Å²) in [6, 6.07) is 8.40. The van der Waals surface area contributed by atoms with Gasteiger partial charge in [0, 0.05) is 30.7 Å². The summed E-state index contributed by atoms with van der Waals surface area (Å²) in [4.78, 5) is 5.60. The molecule has 2 rings (SSSR count). The summed E-state index contributed by atoms with van der Waals surface area (Å²) >= 11 is 0. The average Bonchev–Trinajstić information content (AvgIpc) is 2.79. The normalized spacial score (nSPS) is 12.9. The topological polar surface area (TPSA) is 45.0 Å². The Labute approximate surface area is 103 Å². The number of anilines is 1. The van der Waals surface area contributed by atoms with Crippen LogP contribution in [0.1, 0.15) is 13.3 Å². The molecule has 3 nitrogen and oxygen atoms in total. The minimum Gasteiger partial charge on any atom is -0.373 e. The molecule has 0 saturated carbocycles. The highest BCUT2D eigenvalue weighted by Crippen LogP contribution is 2.25. The Bertz CT molecular complexity index is 475. The molecule has 0 aliphatic carbocycles. The van der Waals surface area contributed by atoms with E-state index < -0.39 is 0 Å². The van der Waals surface area contributed by atoms with Crippen LogP contribution in [0.15, 0.2) is 30.5 Å². The molecule has 0 fully saturated rings. The smallest absolute Gasteiger partial charge is 0.0621 e. The van der Waals surface area contributed by atoms with Crippen molar-refractivity contribution < 1.29 is 0 Å². The Morgan fingerprint density at radius 3 is 2.88 bits per heavy atom. The molecule has 2 aromatic rings. The number of nitrogens with zero attached hydrogens (tertiary/aromatic N) is 1. The van der Waals surface area contributed by atoms with Gasteiger partial charge in [-0.25, -0.2) is 0 Å². The van der Waals surface area contributed by atoms with Crippen molar-refractivity contribution in [1.82, 2.24) is 4.98 Å². The molecular weight excluding hydrogens is 210 g/mol. The summed E-state index contributed by atoms with van der Waals surface area (Å²) in [5, 5.41) is 1.29. The highest BCUT2D eigenvalue weighted by Gasteiger charge is 2.08. The van der Waals surface area contributed by atoms with Crippen molar-refractivity contribution in [1.29, 1.82) is 0 Å². The van der Waals surface area contributed by atoms with Crippen LogP contribution in [-0.2, 0) is 0 Å². The number of benzene rings is 1. The van der Waals surface area contributed by atoms with E-state index in [4.69, 9.17) is 5.73 Å². The van der Waals surface area contributed by atoms with Gasteiger partial charge in [-0.15, -0.1) is 0 Å². The van der Waals surface area contributed by atoms with Crippen LogP contribution in [0.25, 0.3) is 10.9 Å². The van der Waals surface area contributed by atoms with Crippen molar-refractivity contribution >= 4 is 16.6 Å². The fourth-order valence-corrected chi connectivity index (χ4v) is 2.02. The van der Waals surface area contributed by atoms with Crippen molar-refractivity contribution in [2.75, 3.05) is 25.0 Å². The molecule has 1 heterocycles. The number of hydrogen-bond acceptors (Lipinski definition) is 2. The molecule has 3 N–H and O–H groups in total. The zero-order valence-electron chi connectivity index (χ0n) is 10.6. The van der Waals surface area contributed by atoms with Crippen molar-refractivity contribution in [3.8, 4) is 0 Å². The van der Waals surface area contributed by atoms with Crippen molar-refractivity contribution in [2.45, 2.75) is 13.3 Å². The van der Waals surface area contributed by atoms with E-state index in [0.717, 1.165) is 19.5 Å². The van der Waals surface area contributed by atoms with Gasteiger partial charge >= 0.3 is 0 Å². The van der Waals surface area contributed by atoms with Crippen LogP contribution in [0.2, 0.25) is 0 Å². The molecule has 17 heavy (non-hydrogen) atoms. The molecule has 0 amide bonds. The van der Waals surface area contributed by atoms with Crippen LogP contribution in [0.3, 0.4) is 0 Å². The van der Waals surface area contributed by atoms with E-state index in [1.54, 1.807) is 0 Å². The first-order chi connectivity index (χ1) is 8.22. The first-order valence-corrected chi connectivity index (χ1v) is 6.19. The predicted molar refractivity (Wildman–Crippen MR) is 74.4 cm³/mol. The first-order valence-electron chi connectivity index (χ1n) is 6.19. The Morgan fingerprint density at radius 1 is 1.35 bits per heavy atom. The molecule has 1 aromatic heterocycles. The zero-order valence-corrected chi connectivity index (χ0v) is 10.6. The average molecular weight is 231 g/mol. The van der Waals surface area contributed by atoms with Crippen LogP contribution in [0.5, 0.6) is 0 Å². The highest BCUT2D eigenvalue weighted by atomic mass is 15.1. The lowest BCUT2D eigenvalue weighted by atomic mass is 10.1. The molecule has 3 heteroatoms. The number of aromatic amines is 1. The molecule has 1 aromatic carbocycles. The molecular formula is C14H21N3. The zero-order chi connectivity index (χ0) is 12.3. The van der Waals surface area contributed by atoms with E-state index in [1.165, 1.54) is 16.6 Å². The maximum atomic E-state index is 5.64. The fraction of sp³-hybridized carbons (Fsp3) is 0.429. The summed E-state index contributed by atoms with van der Waals surface area (Å²) in [5.74, 6) is 0.586. The van der Waals surface area contributed by atoms with Gasteiger partial charge in [0.1, 0.15) is 0 Å². The number of nitrogens with one attached hydrogen (secondary N) is 1. The van der Waals surface area contributed by atoms with Gasteiger partial charge in [0.15, 0.2) is 0 Å². The molecule has 92 valence electrons. The Balaban J connectivity index is 2.11. The van der Waals surface area contributed by atoms with Gasteiger partial charge in [0.25, 0.3) is 0 Å². The molecule has 0 saturated heterocycles. The third-order valence-corrected chi connectivity index (χ3v) is 3.34. The number of rotatable bonds is 5. The molecule has 0 radical (unpaired) electrons. The number of H-pyrrole nitrogens is 1. The van der Waals surface area contributed by atoms with Crippen molar-refractivity contribution in [3.05, 3.63) is 30.5 Å². The Morgan fingerprint density at radius 2 is 2.12 bits per heavy atom. The van der Waals surface area contributed by atoms with Crippen molar-refractivity contribution in [3.63, 3.8) is 0 Å². The van der Waals surface area contributed by atoms with E-state index >= 15 is 0 Å². The molecule has 0 bridgehead atoms. The predicted octanol–water partition coefficient (Wildman–Crippen LogP) is 2.59. The molecule has 0 aliphatic heterocycles. The highest BCUT2D eigenvalue weighted by molar-refractivity contribution is 5.92. The SMILES string of the molecule is CC(CN)CCN(C)c1c[nH]c2ccccc12. The van der Waals surface area contributed by atoms with Gasteiger partial charge in [-0.1, -0.05) is 25.1 Å². The second-order valence-corrected chi connectivity index (χ2v) is 4.77. The Kier molecular flexibility index (Phi) is 3.69. The molecule has 0 aliphatic rings. The van der Waals surface area contributed by atoms with Crippen LogP contribution < -0.4 is 10.6 Å². The van der Waals surface area contributed by atoms with Crippen molar-refractivity contribution in [2.24, 2.45) is 11.7 Å². The van der Waals surface area contributed by atoms with E-state index in [2.05, 4.69) is 54.3 Å². The lowest BCUT2D eigenvalue weighted by Gasteiger charge is -2.20. The minimum absolute atomic E-state index is 0.586. The third kappa shape index (κ3) is 2.61. The first kappa shape index (κ1) is 12.0. The largest absolute Gasteiger partial charge is 0.373 e. The lowest BCUT2D eigenvalue weighted by Crippen LogP contribution is -2.22. The van der Waals surface area contributed by atoms with Gasteiger partial charge in [0.2, 0.25) is 0 Å². The van der Waals surface area contributed by atoms with Gasteiger partial charge < -0.3 is 15.6 Å². The van der Waals surface area contributed by atoms with E-state index in [-0.39, 0.29) is 0 Å². The number of fused-ring (bicyclic) bond motifs is 1. The van der Waals surface area contributed by atoms with E-state index in [9.17, 15) is 0 Å². The monoisotopic (exact) mass is 231 g/mol. The fourth-order valence-electron chi connectivity index (χ4n) is 2.02. The summed E-state index contributed by atoms with van der Waals surface area (Å²) in [5.41, 5.74) is 8.11. The summed E-state index contributed by atoms with van der Waals surface area (Å²) < 4.78 is 0. The molecule has 1 unspecified atom stereocenters. The summed E-state index contributed by atoms with van der Waals surface area (Å²) in [6.45, 7) is 4.00. The molecule has 0 spiro atoms. The second kappa shape index (κ2) is 5.23. The maximum Gasteiger partial charge on any atom is 0.0621 e. The van der Waals surface area contributed by atoms with Crippen LogP contribution in [-0.4, -0.2) is 25.1 Å². The minimum atomic E-state index is 0.586. The number of aromatic nitrogens is 1. The summed E-state index contributed by atoms with van der Waals surface area (Å²) in [6.07, 6.45) is 3.21. The maximum absolute atomic E-state index is 5.64. The number of para-hydroxylation sites is 1. The molecule has 1 atom stereocenters. The second-order valence-electron chi connectivity index (χ2n) is 4.77. The van der Waals surface area contributed by atoms with Crippen LogP contribution in [0, 0.1) is 5.92 Å². The third-order valence-electron chi connectivity index (χ3n) is 3.34. The van der Waals surface area contributed by atoms with Gasteiger partial charge in [0.05, 0.1) is 5.69 Å².